The number of amidine groups is 1. The Hall–Kier alpha value is -1.35. The van der Waals surface area contributed by atoms with Crippen LogP contribution in [-0.2, 0) is 6.42 Å². The van der Waals surface area contributed by atoms with Crippen molar-refractivity contribution < 1.29 is 0 Å². The van der Waals surface area contributed by atoms with Gasteiger partial charge in [0.15, 0.2) is 0 Å². The molecular weight excluding hydrogens is 198 g/mol. The average Bonchev–Trinajstić information content (AvgIpc) is 2.27. The molecule has 0 saturated carbocycles. The molecule has 16 heavy (non-hydrogen) atoms. The van der Waals surface area contributed by atoms with Gasteiger partial charge in [0.25, 0.3) is 0 Å². The third-order valence-corrected chi connectivity index (χ3v) is 2.74. The zero-order valence-corrected chi connectivity index (χ0v) is 10.1. The van der Waals surface area contributed by atoms with Crippen LogP contribution in [0.2, 0.25) is 0 Å². The standard InChI is InChI=1S/C13H21N3/c1-11(13(14)15)10-16(2)9-8-12-6-4-3-5-7-12/h3-7,11H,8-10H2,1-2H3,(H3,14,15). The van der Waals surface area contributed by atoms with Crippen molar-refractivity contribution in [3.63, 3.8) is 0 Å². The van der Waals surface area contributed by atoms with E-state index in [1.807, 2.05) is 13.0 Å². The van der Waals surface area contributed by atoms with E-state index in [1.165, 1.54) is 5.56 Å². The lowest BCUT2D eigenvalue weighted by atomic mass is 10.1. The Labute approximate surface area is 97.8 Å². The first-order valence-corrected chi connectivity index (χ1v) is 5.66. The lowest BCUT2D eigenvalue weighted by molar-refractivity contribution is 0.317. The molecule has 0 aliphatic heterocycles. The zero-order valence-electron chi connectivity index (χ0n) is 10.1. The lowest BCUT2D eigenvalue weighted by Gasteiger charge is -2.20. The van der Waals surface area contributed by atoms with Gasteiger partial charge in [0.05, 0.1) is 5.84 Å². The van der Waals surface area contributed by atoms with Crippen LogP contribution in [0.1, 0.15) is 12.5 Å². The van der Waals surface area contributed by atoms with Crippen LogP contribution in [0, 0.1) is 11.3 Å². The van der Waals surface area contributed by atoms with Gasteiger partial charge >= 0.3 is 0 Å². The van der Waals surface area contributed by atoms with Crippen LogP contribution in [0.15, 0.2) is 30.3 Å². The summed E-state index contributed by atoms with van der Waals surface area (Å²) in [6, 6.07) is 10.4. The SMILES string of the molecule is CC(CN(C)CCc1ccccc1)C(=N)N. The van der Waals surface area contributed by atoms with Gasteiger partial charge in [-0.25, -0.2) is 0 Å². The van der Waals surface area contributed by atoms with Crippen LogP contribution >= 0.6 is 0 Å². The Kier molecular flexibility index (Phi) is 4.99. The summed E-state index contributed by atoms with van der Waals surface area (Å²) in [5, 5.41) is 7.34. The predicted octanol–water partition coefficient (Wildman–Crippen LogP) is 1.73. The highest BCUT2D eigenvalue weighted by molar-refractivity contribution is 5.79. The van der Waals surface area contributed by atoms with Crippen LogP contribution in [0.25, 0.3) is 0 Å². The molecule has 0 bridgehead atoms. The maximum absolute atomic E-state index is 7.34. The van der Waals surface area contributed by atoms with E-state index in [2.05, 4.69) is 36.2 Å². The maximum atomic E-state index is 7.34. The summed E-state index contributed by atoms with van der Waals surface area (Å²) in [5.41, 5.74) is 6.80. The molecule has 0 radical (unpaired) electrons. The van der Waals surface area contributed by atoms with E-state index in [1.54, 1.807) is 0 Å². The van der Waals surface area contributed by atoms with Gasteiger partial charge in [-0.1, -0.05) is 37.3 Å². The van der Waals surface area contributed by atoms with Crippen molar-refractivity contribution in [2.75, 3.05) is 20.1 Å². The first-order valence-electron chi connectivity index (χ1n) is 5.66. The molecule has 3 nitrogen and oxygen atoms in total. The second kappa shape index (κ2) is 6.28. The zero-order chi connectivity index (χ0) is 12.0. The second-order valence-electron chi connectivity index (χ2n) is 4.35. The van der Waals surface area contributed by atoms with E-state index in [9.17, 15) is 0 Å². The van der Waals surface area contributed by atoms with E-state index < -0.39 is 0 Å². The van der Waals surface area contributed by atoms with Crippen molar-refractivity contribution in [3.05, 3.63) is 35.9 Å². The first kappa shape index (κ1) is 12.7. The highest BCUT2D eigenvalue weighted by Gasteiger charge is 2.08. The van der Waals surface area contributed by atoms with Gasteiger partial charge in [0.1, 0.15) is 0 Å². The molecule has 1 unspecified atom stereocenters. The molecule has 0 saturated heterocycles. The molecule has 3 heteroatoms. The van der Waals surface area contributed by atoms with E-state index in [0.29, 0.717) is 0 Å². The first-order chi connectivity index (χ1) is 7.59. The Balaban J connectivity index is 2.30. The molecule has 88 valence electrons. The number of hydrogen-bond acceptors (Lipinski definition) is 2. The topological polar surface area (TPSA) is 53.1 Å². The van der Waals surface area contributed by atoms with E-state index >= 15 is 0 Å². The lowest BCUT2D eigenvalue weighted by Crippen LogP contribution is -2.33. The van der Waals surface area contributed by atoms with Crippen LogP contribution in [-0.4, -0.2) is 30.9 Å². The number of rotatable bonds is 6. The minimum Gasteiger partial charge on any atom is -0.387 e. The molecule has 0 heterocycles. The number of likely N-dealkylation sites (N-methyl/N-ethyl adjacent to an activating group) is 1. The molecule has 0 aliphatic carbocycles. The molecule has 0 spiro atoms. The minimum atomic E-state index is 0.140. The Morgan fingerprint density at radius 1 is 1.38 bits per heavy atom. The summed E-state index contributed by atoms with van der Waals surface area (Å²) >= 11 is 0. The maximum Gasteiger partial charge on any atom is 0.0947 e. The third-order valence-electron chi connectivity index (χ3n) is 2.74. The van der Waals surface area contributed by atoms with Crippen molar-refractivity contribution in [2.24, 2.45) is 11.7 Å². The summed E-state index contributed by atoms with van der Waals surface area (Å²) in [4.78, 5) is 2.22. The van der Waals surface area contributed by atoms with Gasteiger partial charge < -0.3 is 10.6 Å². The minimum absolute atomic E-state index is 0.140. The highest BCUT2D eigenvalue weighted by atomic mass is 15.1. The van der Waals surface area contributed by atoms with E-state index in [0.717, 1.165) is 19.5 Å². The van der Waals surface area contributed by atoms with Crippen molar-refractivity contribution in [3.8, 4) is 0 Å². The Bertz CT molecular complexity index is 321. The number of nitrogens with one attached hydrogen (secondary N) is 1. The van der Waals surface area contributed by atoms with Crippen LogP contribution in [0.5, 0.6) is 0 Å². The molecule has 0 aromatic heterocycles. The molecule has 1 aromatic rings. The Morgan fingerprint density at radius 2 is 2.00 bits per heavy atom. The molecule has 0 amide bonds. The number of nitrogens with zero attached hydrogens (tertiary/aromatic N) is 1. The third kappa shape index (κ3) is 4.45. The fraction of sp³-hybridized carbons (Fsp3) is 0.462. The fourth-order valence-electron chi connectivity index (χ4n) is 1.62. The summed E-state index contributed by atoms with van der Waals surface area (Å²) in [7, 11) is 2.07. The number of benzene rings is 1. The number of hydrogen-bond donors (Lipinski definition) is 2. The predicted molar refractivity (Wildman–Crippen MR) is 68.7 cm³/mol. The monoisotopic (exact) mass is 219 g/mol. The van der Waals surface area contributed by atoms with Crippen LogP contribution in [0.3, 0.4) is 0 Å². The highest BCUT2D eigenvalue weighted by Crippen LogP contribution is 2.02. The largest absolute Gasteiger partial charge is 0.387 e. The van der Waals surface area contributed by atoms with Gasteiger partial charge in [-0.3, -0.25) is 5.41 Å². The van der Waals surface area contributed by atoms with Crippen molar-refractivity contribution >= 4 is 5.84 Å². The summed E-state index contributed by atoms with van der Waals surface area (Å²) in [5.74, 6) is 0.410. The smallest absolute Gasteiger partial charge is 0.0947 e. The molecule has 1 rings (SSSR count). The summed E-state index contributed by atoms with van der Waals surface area (Å²) < 4.78 is 0. The summed E-state index contributed by atoms with van der Waals surface area (Å²) in [6.45, 7) is 3.84. The van der Waals surface area contributed by atoms with E-state index in [-0.39, 0.29) is 11.8 Å². The fourth-order valence-corrected chi connectivity index (χ4v) is 1.62. The molecular formula is C13H21N3. The average molecular weight is 219 g/mol. The van der Waals surface area contributed by atoms with Gasteiger partial charge in [0.2, 0.25) is 0 Å². The van der Waals surface area contributed by atoms with Gasteiger partial charge in [-0.15, -0.1) is 0 Å². The molecule has 1 aromatic carbocycles. The molecule has 0 fully saturated rings. The molecule has 1 atom stereocenters. The van der Waals surface area contributed by atoms with Crippen LogP contribution < -0.4 is 5.73 Å². The van der Waals surface area contributed by atoms with Crippen LogP contribution in [0.4, 0.5) is 0 Å². The van der Waals surface area contributed by atoms with Crippen molar-refractivity contribution in [1.82, 2.24) is 4.90 Å². The number of nitrogens with two attached hydrogens (primary N) is 1. The molecule has 0 aliphatic rings. The quantitative estimate of drug-likeness (QED) is 0.565. The Morgan fingerprint density at radius 3 is 2.56 bits per heavy atom. The van der Waals surface area contributed by atoms with Gasteiger partial charge in [0, 0.05) is 19.0 Å². The van der Waals surface area contributed by atoms with Gasteiger partial charge in [-0.2, -0.15) is 0 Å². The molecule has 3 N–H and O–H groups in total. The summed E-state index contributed by atoms with van der Waals surface area (Å²) in [6.07, 6.45) is 1.04. The normalized spacial score (nSPS) is 12.7. The van der Waals surface area contributed by atoms with Crippen molar-refractivity contribution in [2.45, 2.75) is 13.3 Å². The van der Waals surface area contributed by atoms with Crippen molar-refractivity contribution in [1.29, 1.82) is 5.41 Å². The second-order valence-corrected chi connectivity index (χ2v) is 4.35. The van der Waals surface area contributed by atoms with E-state index in [4.69, 9.17) is 11.1 Å². The van der Waals surface area contributed by atoms with Gasteiger partial charge in [-0.05, 0) is 19.0 Å².